The van der Waals surface area contributed by atoms with Crippen molar-refractivity contribution in [1.82, 2.24) is 0 Å². The topological polar surface area (TPSA) is 55.5 Å². The summed E-state index contributed by atoms with van der Waals surface area (Å²) in [5.74, 6) is 1.09. The molecule has 0 radical (unpaired) electrons. The van der Waals surface area contributed by atoms with Gasteiger partial charge in [0.25, 0.3) is 0 Å². The average molecular weight is 272 g/mol. The third-order valence-electron chi connectivity index (χ3n) is 2.62. The molecule has 0 saturated carbocycles. The van der Waals surface area contributed by atoms with Gasteiger partial charge in [-0.2, -0.15) is 0 Å². The number of halogens is 1. The lowest BCUT2D eigenvalue weighted by atomic mass is 10.0. The van der Waals surface area contributed by atoms with Crippen molar-refractivity contribution in [2.75, 3.05) is 13.2 Å². The fourth-order valence-corrected chi connectivity index (χ4v) is 2.45. The van der Waals surface area contributed by atoms with Crippen molar-refractivity contribution in [2.45, 2.75) is 19.3 Å². The van der Waals surface area contributed by atoms with Gasteiger partial charge in [0.15, 0.2) is 0 Å². The molecule has 15 heavy (non-hydrogen) atoms. The summed E-state index contributed by atoms with van der Waals surface area (Å²) in [6, 6.07) is 2.03. The van der Waals surface area contributed by atoms with Crippen LogP contribution in [0, 0.1) is 0 Å². The zero-order valence-corrected chi connectivity index (χ0v) is 10.0. The Labute approximate surface area is 97.4 Å². The predicted molar refractivity (Wildman–Crippen MR) is 62.4 cm³/mol. The van der Waals surface area contributed by atoms with E-state index in [2.05, 4.69) is 15.9 Å². The molecule has 0 aromatic heterocycles. The molecule has 0 aliphatic carbocycles. The van der Waals surface area contributed by atoms with Crippen LogP contribution in [0.15, 0.2) is 10.5 Å². The van der Waals surface area contributed by atoms with Gasteiger partial charge in [0, 0.05) is 6.42 Å². The summed E-state index contributed by atoms with van der Waals surface area (Å²) in [5, 5.41) is 9.92. The fraction of sp³-hybridized carbons (Fsp3) is 0.455. The number of phenols is 1. The molecule has 0 atom stereocenters. The number of aromatic hydroxyl groups is 1. The molecular formula is C11H14BrNO2. The van der Waals surface area contributed by atoms with Crippen LogP contribution in [0.25, 0.3) is 0 Å². The molecule has 0 bridgehead atoms. The SMILES string of the molecule is NCCCc1cc2c(c(Br)c1O)OCC2. The number of hydrogen-bond donors (Lipinski definition) is 2. The van der Waals surface area contributed by atoms with Crippen LogP contribution >= 0.6 is 15.9 Å². The Morgan fingerprint density at radius 2 is 2.33 bits per heavy atom. The monoisotopic (exact) mass is 271 g/mol. The third kappa shape index (κ3) is 1.96. The van der Waals surface area contributed by atoms with Crippen molar-refractivity contribution in [3.05, 3.63) is 21.7 Å². The molecular weight excluding hydrogens is 258 g/mol. The van der Waals surface area contributed by atoms with Gasteiger partial charge in [-0.3, -0.25) is 0 Å². The lowest BCUT2D eigenvalue weighted by molar-refractivity contribution is 0.351. The van der Waals surface area contributed by atoms with Crippen LogP contribution < -0.4 is 10.5 Å². The van der Waals surface area contributed by atoms with Crippen LogP contribution in [0.1, 0.15) is 17.5 Å². The molecule has 1 heterocycles. The number of nitrogens with two attached hydrogens (primary N) is 1. The van der Waals surface area contributed by atoms with Crippen LogP contribution in [0.4, 0.5) is 0 Å². The van der Waals surface area contributed by atoms with Crippen molar-refractivity contribution >= 4 is 15.9 Å². The zero-order chi connectivity index (χ0) is 10.8. The molecule has 1 aromatic carbocycles. The van der Waals surface area contributed by atoms with Crippen LogP contribution in [-0.2, 0) is 12.8 Å². The normalized spacial score (nSPS) is 13.7. The molecule has 0 unspecified atom stereocenters. The van der Waals surface area contributed by atoms with Gasteiger partial charge >= 0.3 is 0 Å². The highest BCUT2D eigenvalue weighted by atomic mass is 79.9. The first kappa shape index (κ1) is 10.8. The molecule has 1 aliphatic rings. The van der Waals surface area contributed by atoms with E-state index >= 15 is 0 Å². The van der Waals surface area contributed by atoms with E-state index in [4.69, 9.17) is 10.5 Å². The summed E-state index contributed by atoms with van der Waals surface area (Å²) in [5.41, 5.74) is 7.59. The summed E-state index contributed by atoms with van der Waals surface area (Å²) < 4.78 is 6.12. The van der Waals surface area contributed by atoms with Gasteiger partial charge in [0.1, 0.15) is 16.0 Å². The molecule has 3 N–H and O–H groups in total. The first-order chi connectivity index (χ1) is 7.24. The van der Waals surface area contributed by atoms with Gasteiger partial charge in [0.05, 0.1) is 6.61 Å². The van der Waals surface area contributed by atoms with Crippen LogP contribution in [0.3, 0.4) is 0 Å². The Hall–Kier alpha value is -0.740. The molecule has 1 aliphatic heterocycles. The maximum Gasteiger partial charge on any atom is 0.140 e. The number of benzene rings is 1. The minimum atomic E-state index is 0.295. The summed E-state index contributed by atoms with van der Waals surface area (Å²) in [4.78, 5) is 0. The second-order valence-corrected chi connectivity index (χ2v) is 4.47. The highest BCUT2D eigenvalue weighted by Gasteiger charge is 2.20. The van der Waals surface area contributed by atoms with E-state index in [-0.39, 0.29) is 0 Å². The Morgan fingerprint density at radius 1 is 1.53 bits per heavy atom. The molecule has 2 rings (SSSR count). The highest BCUT2D eigenvalue weighted by Crippen LogP contribution is 2.42. The summed E-state index contributed by atoms with van der Waals surface area (Å²) in [6.45, 7) is 1.35. The van der Waals surface area contributed by atoms with Crippen molar-refractivity contribution in [3.8, 4) is 11.5 Å². The fourth-order valence-electron chi connectivity index (χ4n) is 1.82. The number of fused-ring (bicyclic) bond motifs is 1. The molecule has 3 nitrogen and oxygen atoms in total. The molecule has 0 saturated heterocycles. The Bertz CT molecular complexity index is 379. The van der Waals surface area contributed by atoms with E-state index in [9.17, 15) is 5.11 Å². The molecule has 0 fully saturated rings. The third-order valence-corrected chi connectivity index (χ3v) is 3.36. The average Bonchev–Trinajstić information content (AvgIpc) is 2.69. The van der Waals surface area contributed by atoms with Gasteiger partial charge in [-0.1, -0.05) is 0 Å². The van der Waals surface area contributed by atoms with E-state index in [1.165, 1.54) is 5.56 Å². The van der Waals surface area contributed by atoms with Crippen LogP contribution in [0.5, 0.6) is 11.5 Å². The Morgan fingerprint density at radius 3 is 3.07 bits per heavy atom. The van der Waals surface area contributed by atoms with Gasteiger partial charge in [-0.05, 0) is 52.5 Å². The molecule has 82 valence electrons. The summed E-state index contributed by atoms with van der Waals surface area (Å²) in [6.07, 6.45) is 2.62. The molecule has 0 amide bonds. The molecule has 4 heteroatoms. The predicted octanol–water partition coefficient (Wildman–Crippen LogP) is 1.98. The van der Waals surface area contributed by atoms with E-state index in [1.807, 2.05) is 6.07 Å². The van der Waals surface area contributed by atoms with E-state index < -0.39 is 0 Å². The summed E-state index contributed by atoms with van der Waals surface area (Å²) >= 11 is 3.37. The number of phenolic OH excluding ortho intramolecular Hbond substituents is 1. The number of aryl methyl sites for hydroxylation is 1. The second-order valence-electron chi connectivity index (χ2n) is 3.68. The number of ether oxygens (including phenoxy) is 1. The van der Waals surface area contributed by atoms with Crippen molar-refractivity contribution in [3.63, 3.8) is 0 Å². The van der Waals surface area contributed by atoms with Crippen LogP contribution in [0.2, 0.25) is 0 Å². The van der Waals surface area contributed by atoms with Crippen molar-refractivity contribution in [1.29, 1.82) is 0 Å². The minimum Gasteiger partial charge on any atom is -0.506 e. The zero-order valence-electron chi connectivity index (χ0n) is 8.42. The Balaban J connectivity index is 2.36. The lowest BCUT2D eigenvalue weighted by Crippen LogP contribution is -2.01. The first-order valence-corrected chi connectivity index (χ1v) is 5.89. The van der Waals surface area contributed by atoms with Gasteiger partial charge in [-0.25, -0.2) is 0 Å². The lowest BCUT2D eigenvalue weighted by Gasteiger charge is -2.09. The molecule has 0 spiro atoms. The smallest absolute Gasteiger partial charge is 0.140 e. The maximum atomic E-state index is 9.92. The Kier molecular flexibility index (Phi) is 3.17. The van der Waals surface area contributed by atoms with Crippen molar-refractivity contribution < 1.29 is 9.84 Å². The largest absolute Gasteiger partial charge is 0.506 e. The minimum absolute atomic E-state index is 0.295. The second kappa shape index (κ2) is 4.41. The van der Waals surface area contributed by atoms with Crippen LogP contribution in [-0.4, -0.2) is 18.3 Å². The van der Waals surface area contributed by atoms with E-state index in [0.29, 0.717) is 23.4 Å². The van der Waals surface area contributed by atoms with E-state index in [1.54, 1.807) is 0 Å². The summed E-state index contributed by atoms with van der Waals surface area (Å²) in [7, 11) is 0. The maximum absolute atomic E-state index is 9.92. The quantitative estimate of drug-likeness (QED) is 0.884. The van der Waals surface area contributed by atoms with Crippen molar-refractivity contribution in [2.24, 2.45) is 5.73 Å². The number of hydrogen-bond acceptors (Lipinski definition) is 3. The highest BCUT2D eigenvalue weighted by molar-refractivity contribution is 9.10. The van der Waals surface area contributed by atoms with Gasteiger partial charge in [-0.15, -0.1) is 0 Å². The van der Waals surface area contributed by atoms with Gasteiger partial charge in [0.2, 0.25) is 0 Å². The first-order valence-electron chi connectivity index (χ1n) is 5.10. The van der Waals surface area contributed by atoms with Gasteiger partial charge < -0.3 is 15.6 Å². The standard InChI is InChI=1S/C11H14BrNO2/c12-9-10(14)7(2-1-4-13)6-8-3-5-15-11(8)9/h6,14H,1-5,13H2. The molecule has 1 aromatic rings. The number of rotatable bonds is 3. The van der Waals surface area contributed by atoms with E-state index in [0.717, 1.165) is 30.6 Å².